The number of allylic oxidation sites excluding steroid dienone is 2. The van der Waals surface area contributed by atoms with Gasteiger partial charge in [0.05, 0.1) is 12.1 Å². The highest BCUT2D eigenvalue weighted by molar-refractivity contribution is 6.76. The summed E-state index contributed by atoms with van der Waals surface area (Å²) in [5.41, 5.74) is 1.47. The number of nitrogens with zero attached hydrogens (tertiary/aromatic N) is 2. The monoisotopic (exact) mass is 248 g/mol. The predicted octanol–water partition coefficient (Wildman–Crippen LogP) is 4.64. The van der Waals surface area contributed by atoms with Crippen LogP contribution in [-0.2, 0) is 0 Å². The Morgan fingerprint density at radius 1 is 0.941 bits per heavy atom. The molecule has 0 aromatic heterocycles. The second-order valence-corrected chi connectivity index (χ2v) is 11.2. The lowest BCUT2D eigenvalue weighted by molar-refractivity contribution is 0.667. The van der Waals surface area contributed by atoms with Crippen molar-refractivity contribution in [3.8, 4) is 12.1 Å². The highest BCUT2D eigenvalue weighted by atomic mass is 28.3. The third kappa shape index (κ3) is 7.77. The van der Waals surface area contributed by atoms with Gasteiger partial charge in [0.15, 0.2) is 0 Å². The van der Waals surface area contributed by atoms with E-state index < -0.39 is 8.07 Å². The van der Waals surface area contributed by atoms with E-state index in [1.807, 2.05) is 0 Å². The molecule has 0 fully saturated rings. The SMILES string of the molecule is CCCCCC/C(C#N)=C(/C#N)C[Si](C)(C)C. The van der Waals surface area contributed by atoms with E-state index in [4.69, 9.17) is 10.5 Å². The molecule has 17 heavy (non-hydrogen) atoms. The third-order valence-corrected chi connectivity index (χ3v) is 4.04. The van der Waals surface area contributed by atoms with Crippen molar-refractivity contribution >= 4 is 8.07 Å². The van der Waals surface area contributed by atoms with Gasteiger partial charge in [-0.15, -0.1) is 0 Å². The molecule has 0 unspecified atom stereocenters. The van der Waals surface area contributed by atoms with Crippen LogP contribution in [0.3, 0.4) is 0 Å². The highest BCUT2D eigenvalue weighted by Gasteiger charge is 2.18. The fourth-order valence-corrected chi connectivity index (χ4v) is 3.10. The molecule has 3 heteroatoms. The second-order valence-electron chi connectivity index (χ2n) is 5.73. The van der Waals surface area contributed by atoms with Crippen LogP contribution in [0.1, 0.15) is 39.0 Å². The summed E-state index contributed by atoms with van der Waals surface area (Å²) < 4.78 is 0. The molecule has 0 aromatic rings. The van der Waals surface area contributed by atoms with Crippen molar-refractivity contribution < 1.29 is 0 Å². The van der Waals surface area contributed by atoms with Crippen molar-refractivity contribution in [2.24, 2.45) is 0 Å². The molecule has 2 nitrogen and oxygen atoms in total. The first-order valence-electron chi connectivity index (χ1n) is 6.46. The fraction of sp³-hybridized carbons (Fsp3) is 0.714. The van der Waals surface area contributed by atoms with Crippen LogP contribution in [0, 0.1) is 22.7 Å². The highest BCUT2D eigenvalue weighted by Crippen LogP contribution is 2.22. The summed E-state index contributed by atoms with van der Waals surface area (Å²) in [6, 6.07) is 5.31. The van der Waals surface area contributed by atoms with Gasteiger partial charge in [-0.25, -0.2) is 0 Å². The molecule has 0 saturated carbocycles. The van der Waals surface area contributed by atoms with Crippen LogP contribution < -0.4 is 0 Å². The molecular formula is C14H24N2Si. The van der Waals surface area contributed by atoms with Gasteiger partial charge in [0, 0.05) is 19.2 Å². The maximum atomic E-state index is 9.16. The first-order valence-corrected chi connectivity index (χ1v) is 10.2. The van der Waals surface area contributed by atoms with Crippen LogP contribution in [0.5, 0.6) is 0 Å². The average molecular weight is 248 g/mol. The van der Waals surface area contributed by atoms with Crippen LogP contribution in [0.15, 0.2) is 11.1 Å². The Labute approximate surface area is 107 Å². The van der Waals surface area contributed by atoms with Crippen molar-refractivity contribution in [3.63, 3.8) is 0 Å². The van der Waals surface area contributed by atoms with E-state index in [1.165, 1.54) is 12.8 Å². The smallest absolute Gasteiger partial charge is 0.0957 e. The molecule has 0 aliphatic heterocycles. The third-order valence-electron chi connectivity index (χ3n) is 2.62. The fourth-order valence-electron chi connectivity index (χ4n) is 1.75. The van der Waals surface area contributed by atoms with Gasteiger partial charge in [0.1, 0.15) is 0 Å². The number of rotatable bonds is 7. The molecule has 0 bridgehead atoms. The van der Waals surface area contributed by atoms with Crippen molar-refractivity contribution in [1.29, 1.82) is 10.5 Å². The van der Waals surface area contributed by atoms with Crippen molar-refractivity contribution in [3.05, 3.63) is 11.1 Å². The maximum Gasteiger partial charge on any atom is 0.0957 e. The summed E-state index contributed by atoms with van der Waals surface area (Å²) in [6.45, 7) is 8.87. The normalized spacial score (nSPS) is 12.6. The minimum atomic E-state index is -1.31. The molecule has 0 rings (SSSR count). The largest absolute Gasteiger partial charge is 0.193 e. The summed E-state index contributed by atoms with van der Waals surface area (Å²) in [6.07, 6.45) is 5.39. The number of nitriles is 2. The molecule has 0 aliphatic carbocycles. The van der Waals surface area contributed by atoms with Gasteiger partial charge in [0.25, 0.3) is 0 Å². The Morgan fingerprint density at radius 2 is 1.53 bits per heavy atom. The molecule has 0 heterocycles. The Kier molecular flexibility index (Phi) is 7.58. The molecule has 0 saturated heterocycles. The Bertz CT molecular complexity index is 337. The Balaban J connectivity index is 4.56. The zero-order chi connectivity index (χ0) is 13.3. The molecular weight excluding hydrogens is 224 g/mol. The van der Waals surface area contributed by atoms with Gasteiger partial charge in [-0.2, -0.15) is 10.5 Å². The van der Waals surface area contributed by atoms with Crippen LogP contribution in [0.25, 0.3) is 0 Å². The van der Waals surface area contributed by atoms with E-state index in [1.54, 1.807) is 0 Å². The zero-order valence-electron chi connectivity index (χ0n) is 11.6. The van der Waals surface area contributed by atoms with Gasteiger partial charge >= 0.3 is 0 Å². The first kappa shape index (κ1) is 15.9. The Morgan fingerprint density at radius 3 is 1.94 bits per heavy atom. The van der Waals surface area contributed by atoms with E-state index in [0.29, 0.717) is 0 Å². The molecule has 0 aromatic carbocycles. The standard InChI is InChI=1S/C14H24N2Si/c1-5-6-7-8-9-13(10-15)14(11-16)12-17(2,3)4/h5-9,12H2,1-4H3/b14-13+. The molecule has 0 aliphatic rings. The second kappa shape index (κ2) is 8.09. The molecule has 0 radical (unpaired) electrons. The number of hydrogen-bond donors (Lipinski definition) is 0. The minimum absolute atomic E-state index is 0.728. The molecule has 0 atom stereocenters. The van der Waals surface area contributed by atoms with Gasteiger partial charge in [-0.1, -0.05) is 45.8 Å². The topological polar surface area (TPSA) is 47.6 Å². The van der Waals surface area contributed by atoms with Crippen LogP contribution in [-0.4, -0.2) is 8.07 Å². The maximum absolute atomic E-state index is 9.16. The molecule has 0 spiro atoms. The van der Waals surface area contributed by atoms with Crippen molar-refractivity contribution in [2.45, 2.75) is 64.7 Å². The molecule has 0 N–H and O–H groups in total. The van der Waals surface area contributed by atoms with Gasteiger partial charge < -0.3 is 0 Å². The summed E-state index contributed by atoms with van der Waals surface area (Å²) in [7, 11) is -1.31. The molecule has 94 valence electrons. The first-order chi connectivity index (χ1) is 7.94. The quantitative estimate of drug-likeness (QED) is 0.374. The van der Waals surface area contributed by atoms with Gasteiger partial charge in [-0.3, -0.25) is 0 Å². The van der Waals surface area contributed by atoms with Crippen LogP contribution in [0.4, 0.5) is 0 Å². The van der Waals surface area contributed by atoms with Gasteiger partial charge in [-0.05, 0) is 18.9 Å². The van der Waals surface area contributed by atoms with Crippen molar-refractivity contribution in [1.82, 2.24) is 0 Å². The summed E-state index contributed by atoms with van der Waals surface area (Å²) in [5.74, 6) is 0. The van der Waals surface area contributed by atoms with E-state index in [9.17, 15) is 0 Å². The van der Waals surface area contributed by atoms with E-state index in [-0.39, 0.29) is 0 Å². The van der Waals surface area contributed by atoms with Crippen molar-refractivity contribution in [2.75, 3.05) is 0 Å². The van der Waals surface area contributed by atoms with E-state index in [0.717, 1.165) is 36.5 Å². The van der Waals surface area contributed by atoms with E-state index in [2.05, 4.69) is 38.7 Å². The van der Waals surface area contributed by atoms with Crippen LogP contribution >= 0.6 is 0 Å². The predicted molar refractivity (Wildman–Crippen MR) is 75.2 cm³/mol. The lowest BCUT2D eigenvalue weighted by Gasteiger charge is -2.15. The lowest BCUT2D eigenvalue weighted by atomic mass is 10.0. The minimum Gasteiger partial charge on any atom is -0.193 e. The number of hydrogen-bond acceptors (Lipinski definition) is 2. The summed E-state index contributed by atoms with van der Waals surface area (Å²) >= 11 is 0. The lowest BCUT2D eigenvalue weighted by Crippen LogP contribution is -2.20. The summed E-state index contributed by atoms with van der Waals surface area (Å²) in [5, 5.41) is 18.3. The summed E-state index contributed by atoms with van der Waals surface area (Å²) in [4.78, 5) is 0. The zero-order valence-corrected chi connectivity index (χ0v) is 12.6. The van der Waals surface area contributed by atoms with Crippen LogP contribution in [0.2, 0.25) is 25.7 Å². The average Bonchev–Trinajstić information content (AvgIpc) is 2.25. The van der Waals surface area contributed by atoms with E-state index >= 15 is 0 Å². The van der Waals surface area contributed by atoms with Gasteiger partial charge in [0.2, 0.25) is 0 Å². The molecule has 0 amide bonds. The Hall–Kier alpha value is -1.06. The number of unbranched alkanes of at least 4 members (excludes halogenated alkanes) is 3.